The fourth-order valence-electron chi connectivity index (χ4n) is 7.01. The number of rotatable bonds is 44. The van der Waals surface area contributed by atoms with Gasteiger partial charge in [0.05, 0.1) is 25.4 Å². The molecule has 6 nitrogen and oxygen atoms in total. The van der Waals surface area contributed by atoms with Crippen LogP contribution in [0.4, 0.5) is 0 Å². The van der Waals surface area contributed by atoms with Gasteiger partial charge in [0, 0.05) is 12.8 Å². The van der Waals surface area contributed by atoms with Crippen molar-refractivity contribution in [2.24, 2.45) is 0 Å². The van der Waals surface area contributed by atoms with Crippen LogP contribution in [0.3, 0.4) is 0 Å². The summed E-state index contributed by atoms with van der Waals surface area (Å²) < 4.78 is 5.42. The number of nitrogens with one attached hydrogen (secondary N) is 1. The number of aliphatic hydroxyl groups excluding tert-OH is 2. The molecule has 0 aliphatic heterocycles. The Kier molecular flexibility index (Phi) is 44.7. The Morgan fingerprint density at radius 3 is 1.37 bits per heavy atom. The van der Waals surface area contributed by atoms with Crippen LogP contribution in [0, 0.1) is 0 Å². The molecule has 0 aromatic heterocycles. The number of carbonyl (C=O) groups excluding carboxylic acids is 2. The summed E-state index contributed by atoms with van der Waals surface area (Å²) >= 11 is 0. The van der Waals surface area contributed by atoms with Crippen LogP contribution in [0.15, 0.2) is 48.6 Å². The molecule has 0 aliphatic carbocycles. The second-order valence-corrected chi connectivity index (χ2v) is 16.4. The number of unbranched alkanes of at least 4 members (excludes halogenated alkanes) is 27. The van der Waals surface area contributed by atoms with E-state index in [1.54, 1.807) is 6.08 Å². The Labute approximate surface area is 353 Å². The maximum absolute atomic E-state index is 12.4. The van der Waals surface area contributed by atoms with E-state index in [1.165, 1.54) is 122 Å². The first-order chi connectivity index (χ1) is 28.0. The Balaban J connectivity index is 3.59. The molecule has 0 aromatic carbocycles. The maximum atomic E-state index is 12.4. The lowest BCUT2D eigenvalue weighted by molar-refractivity contribution is -0.143. The topological polar surface area (TPSA) is 95.9 Å². The highest BCUT2D eigenvalue weighted by atomic mass is 16.5. The lowest BCUT2D eigenvalue weighted by atomic mass is 10.0. The summed E-state index contributed by atoms with van der Waals surface area (Å²) in [6.07, 6.45) is 56.7. The van der Waals surface area contributed by atoms with Crippen molar-refractivity contribution in [3.63, 3.8) is 0 Å². The average molecular weight is 800 g/mol. The molecule has 0 saturated heterocycles. The largest absolute Gasteiger partial charge is 0.466 e. The zero-order chi connectivity index (χ0) is 41.5. The molecular weight excluding hydrogens is 707 g/mol. The molecule has 2 atom stereocenters. The molecular formula is C51H93NO5. The quantitative estimate of drug-likeness (QED) is 0.0324. The predicted octanol–water partition coefficient (Wildman–Crippen LogP) is 14.3. The van der Waals surface area contributed by atoms with E-state index in [1.807, 2.05) is 6.08 Å². The Bertz CT molecular complexity index is 973. The molecule has 2 unspecified atom stereocenters. The fraction of sp³-hybridized carbons (Fsp3) is 0.804. The minimum Gasteiger partial charge on any atom is -0.466 e. The van der Waals surface area contributed by atoms with Crippen molar-refractivity contribution in [2.75, 3.05) is 13.2 Å². The van der Waals surface area contributed by atoms with Crippen LogP contribution < -0.4 is 5.32 Å². The van der Waals surface area contributed by atoms with Gasteiger partial charge in [0.15, 0.2) is 0 Å². The first-order valence-electron chi connectivity index (χ1n) is 24.4. The van der Waals surface area contributed by atoms with Gasteiger partial charge < -0.3 is 20.3 Å². The van der Waals surface area contributed by atoms with Gasteiger partial charge in [-0.05, 0) is 89.9 Å². The van der Waals surface area contributed by atoms with E-state index in [-0.39, 0.29) is 18.5 Å². The zero-order valence-corrected chi connectivity index (χ0v) is 37.6. The van der Waals surface area contributed by atoms with Gasteiger partial charge in [-0.25, -0.2) is 0 Å². The molecule has 0 heterocycles. The second-order valence-electron chi connectivity index (χ2n) is 16.4. The SMILES string of the molecule is CCCCCC/C=C\C/C=C\CCCCCCCC(=O)OCCCC/C=C\CCCCCCC(=O)NC(CO)C(O)/C=C/CCCCCCCCCCCCCC. The molecule has 0 bridgehead atoms. The van der Waals surface area contributed by atoms with Gasteiger partial charge in [0.2, 0.25) is 5.91 Å². The fourth-order valence-corrected chi connectivity index (χ4v) is 7.01. The number of esters is 1. The number of ether oxygens (including phenoxy) is 1. The maximum Gasteiger partial charge on any atom is 0.305 e. The Hall–Kier alpha value is -2.18. The van der Waals surface area contributed by atoms with Gasteiger partial charge >= 0.3 is 5.97 Å². The van der Waals surface area contributed by atoms with E-state index in [4.69, 9.17) is 4.74 Å². The number of aliphatic hydroxyl groups is 2. The Morgan fingerprint density at radius 1 is 0.491 bits per heavy atom. The van der Waals surface area contributed by atoms with Crippen LogP contribution in [-0.4, -0.2) is 47.4 Å². The molecule has 57 heavy (non-hydrogen) atoms. The minimum absolute atomic E-state index is 0.0530. The standard InChI is InChI=1S/C51H93NO5/c1-3-5-7-9-11-13-15-17-19-20-22-24-29-33-37-41-45-51(56)57-46-42-38-34-30-26-25-28-32-36-40-44-50(55)52-48(47-53)49(54)43-39-35-31-27-23-21-18-16-14-12-10-8-6-4-2/h13,15,19-20,26,30,39,43,48-49,53-54H,3-12,14,16-18,21-25,27-29,31-38,40-42,44-47H2,1-2H3,(H,52,55)/b15-13-,20-19-,30-26-,43-39+. The first kappa shape index (κ1) is 54.8. The molecule has 0 fully saturated rings. The van der Waals surface area contributed by atoms with Crippen molar-refractivity contribution in [2.45, 2.75) is 251 Å². The molecule has 0 rings (SSSR count). The number of amides is 1. The van der Waals surface area contributed by atoms with Crippen molar-refractivity contribution in [1.82, 2.24) is 5.32 Å². The highest BCUT2D eigenvalue weighted by molar-refractivity contribution is 5.76. The highest BCUT2D eigenvalue weighted by Gasteiger charge is 2.18. The summed E-state index contributed by atoms with van der Waals surface area (Å²) in [5.74, 6) is -0.160. The summed E-state index contributed by atoms with van der Waals surface area (Å²) in [6, 6.07) is -0.654. The van der Waals surface area contributed by atoms with Crippen molar-refractivity contribution >= 4 is 11.9 Å². The van der Waals surface area contributed by atoms with Crippen molar-refractivity contribution < 1.29 is 24.5 Å². The van der Waals surface area contributed by atoms with E-state index in [2.05, 4.69) is 55.6 Å². The molecule has 0 aromatic rings. The minimum atomic E-state index is -0.867. The van der Waals surface area contributed by atoms with E-state index >= 15 is 0 Å². The van der Waals surface area contributed by atoms with Crippen LogP contribution in [0.25, 0.3) is 0 Å². The number of allylic oxidation sites excluding steroid dienone is 7. The van der Waals surface area contributed by atoms with Gasteiger partial charge in [0.1, 0.15) is 0 Å². The van der Waals surface area contributed by atoms with Crippen LogP contribution in [0.5, 0.6) is 0 Å². The summed E-state index contributed by atoms with van der Waals surface area (Å²) in [5.41, 5.74) is 0. The Morgan fingerprint density at radius 2 is 0.877 bits per heavy atom. The van der Waals surface area contributed by atoms with E-state index < -0.39 is 12.1 Å². The molecule has 1 amide bonds. The number of hydrogen-bond donors (Lipinski definition) is 3. The average Bonchev–Trinajstić information content (AvgIpc) is 3.21. The van der Waals surface area contributed by atoms with E-state index in [9.17, 15) is 19.8 Å². The summed E-state index contributed by atoms with van der Waals surface area (Å²) in [4.78, 5) is 24.4. The lowest BCUT2D eigenvalue weighted by Crippen LogP contribution is -2.45. The second kappa shape index (κ2) is 46.5. The van der Waals surface area contributed by atoms with Crippen molar-refractivity contribution in [3.05, 3.63) is 48.6 Å². The number of hydrogen-bond acceptors (Lipinski definition) is 5. The third-order valence-corrected chi connectivity index (χ3v) is 10.8. The van der Waals surface area contributed by atoms with E-state index in [0.717, 1.165) is 89.9 Å². The van der Waals surface area contributed by atoms with Gasteiger partial charge in [-0.3, -0.25) is 9.59 Å². The monoisotopic (exact) mass is 800 g/mol. The summed E-state index contributed by atoms with van der Waals surface area (Å²) in [5, 5.41) is 23.0. The molecule has 0 saturated carbocycles. The van der Waals surface area contributed by atoms with Crippen LogP contribution >= 0.6 is 0 Å². The third-order valence-electron chi connectivity index (χ3n) is 10.8. The summed E-state index contributed by atoms with van der Waals surface area (Å²) in [6.45, 7) is 4.77. The van der Waals surface area contributed by atoms with E-state index in [0.29, 0.717) is 19.4 Å². The molecule has 0 spiro atoms. The van der Waals surface area contributed by atoms with Gasteiger partial charge in [-0.2, -0.15) is 0 Å². The number of carbonyl (C=O) groups is 2. The van der Waals surface area contributed by atoms with Gasteiger partial charge in [-0.1, -0.05) is 184 Å². The molecule has 0 aliphatic rings. The van der Waals surface area contributed by atoms with Crippen LogP contribution in [0.1, 0.15) is 239 Å². The summed E-state index contributed by atoms with van der Waals surface area (Å²) in [7, 11) is 0. The molecule has 332 valence electrons. The predicted molar refractivity (Wildman–Crippen MR) is 245 cm³/mol. The smallest absolute Gasteiger partial charge is 0.305 e. The molecule has 6 heteroatoms. The zero-order valence-electron chi connectivity index (χ0n) is 37.6. The normalized spacial score (nSPS) is 13.1. The van der Waals surface area contributed by atoms with Crippen molar-refractivity contribution in [3.8, 4) is 0 Å². The lowest BCUT2D eigenvalue weighted by Gasteiger charge is -2.20. The third kappa shape index (κ3) is 43.2. The van der Waals surface area contributed by atoms with Gasteiger partial charge in [0.25, 0.3) is 0 Å². The molecule has 0 radical (unpaired) electrons. The van der Waals surface area contributed by atoms with Crippen molar-refractivity contribution in [1.29, 1.82) is 0 Å². The van der Waals surface area contributed by atoms with Gasteiger partial charge in [-0.15, -0.1) is 0 Å². The van der Waals surface area contributed by atoms with Crippen LogP contribution in [-0.2, 0) is 14.3 Å². The van der Waals surface area contributed by atoms with Crippen LogP contribution in [0.2, 0.25) is 0 Å². The highest BCUT2D eigenvalue weighted by Crippen LogP contribution is 2.14. The first-order valence-corrected chi connectivity index (χ1v) is 24.4. The molecule has 3 N–H and O–H groups in total.